The van der Waals surface area contributed by atoms with E-state index in [4.69, 9.17) is 9.47 Å². The third-order valence-corrected chi connectivity index (χ3v) is 4.49. The number of esters is 2. The van der Waals surface area contributed by atoms with Crippen LogP contribution in [0.25, 0.3) is 0 Å². The van der Waals surface area contributed by atoms with E-state index in [1.165, 1.54) is 6.07 Å². The predicted octanol–water partition coefficient (Wildman–Crippen LogP) is 3.78. The van der Waals surface area contributed by atoms with Crippen molar-refractivity contribution in [3.05, 3.63) is 87.0 Å². The van der Waals surface area contributed by atoms with Gasteiger partial charge < -0.3 is 19.4 Å². The van der Waals surface area contributed by atoms with E-state index in [9.17, 15) is 19.7 Å². The van der Waals surface area contributed by atoms with Gasteiger partial charge in [-0.05, 0) is 37.6 Å². The van der Waals surface area contributed by atoms with Gasteiger partial charge in [-0.25, -0.2) is 9.59 Å². The fourth-order valence-electron chi connectivity index (χ4n) is 3.24. The monoisotopic (exact) mass is 411 g/mol. The molecule has 0 amide bonds. The van der Waals surface area contributed by atoms with Crippen LogP contribution in [0.4, 0.5) is 5.69 Å². The van der Waals surface area contributed by atoms with Crippen molar-refractivity contribution in [3.63, 3.8) is 0 Å². The van der Waals surface area contributed by atoms with Crippen LogP contribution < -0.4 is 0 Å². The molecular weight excluding hydrogens is 390 g/mol. The Morgan fingerprint density at radius 1 is 1.03 bits per heavy atom. The summed E-state index contributed by atoms with van der Waals surface area (Å²) in [5.74, 6) is -1.68. The molecule has 0 aliphatic carbocycles. The van der Waals surface area contributed by atoms with Crippen LogP contribution in [0.15, 0.2) is 48.7 Å². The Morgan fingerprint density at radius 2 is 1.70 bits per heavy atom. The fourth-order valence-corrected chi connectivity index (χ4v) is 3.24. The van der Waals surface area contributed by atoms with Gasteiger partial charge in [-0.3, -0.25) is 10.1 Å². The SMILES string of the molecule is CCOC(=O)c1cc(C(c2ccc(C(=O)OCC)[nH]2)c2ccccc2[N+](=O)[O-])c[nH]1. The van der Waals surface area contributed by atoms with E-state index in [2.05, 4.69) is 9.97 Å². The first-order valence-electron chi connectivity index (χ1n) is 9.41. The van der Waals surface area contributed by atoms with Gasteiger partial charge in [-0.2, -0.15) is 0 Å². The number of ether oxygens (including phenoxy) is 2. The number of benzene rings is 1. The van der Waals surface area contributed by atoms with Gasteiger partial charge in [0.05, 0.1) is 24.1 Å². The van der Waals surface area contributed by atoms with Gasteiger partial charge >= 0.3 is 11.9 Å². The smallest absolute Gasteiger partial charge is 0.354 e. The maximum absolute atomic E-state index is 12.1. The number of carbonyl (C=O) groups is 2. The van der Waals surface area contributed by atoms with Crippen LogP contribution in [0.1, 0.15) is 57.6 Å². The summed E-state index contributed by atoms with van der Waals surface area (Å²) in [6.45, 7) is 3.85. The second-order valence-corrected chi connectivity index (χ2v) is 6.36. The highest BCUT2D eigenvalue weighted by atomic mass is 16.6. The van der Waals surface area contributed by atoms with Gasteiger partial charge in [0.2, 0.25) is 0 Å². The average Bonchev–Trinajstić information content (AvgIpc) is 3.40. The number of hydrogen-bond donors (Lipinski definition) is 2. The highest BCUT2D eigenvalue weighted by molar-refractivity contribution is 5.88. The van der Waals surface area contributed by atoms with Crippen molar-refractivity contribution in [2.75, 3.05) is 13.2 Å². The Labute approximate surface area is 172 Å². The van der Waals surface area contributed by atoms with Gasteiger partial charge in [-0.1, -0.05) is 18.2 Å². The summed E-state index contributed by atoms with van der Waals surface area (Å²) in [7, 11) is 0. The Balaban J connectivity index is 2.10. The molecule has 0 saturated heterocycles. The van der Waals surface area contributed by atoms with Crippen LogP contribution in [-0.2, 0) is 9.47 Å². The Bertz CT molecular complexity index is 1010. The van der Waals surface area contributed by atoms with Gasteiger partial charge in [-0.15, -0.1) is 0 Å². The lowest BCUT2D eigenvalue weighted by Crippen LogP contribution is -2.09. The maximum Gasteiger partial charge on any atom is 0.354 e. The number of aromatic amines is 2. The molecule has 1 unspecified atom stereocenters. The molecule has 0 bridgehead atoms. The van der Waals surface area contributed by atoms with Gasteiger partial charge in [0.25, 0.3) is 5.69 Å². The van der Waals surface area contributed by atoms with Crippen molar-refractivity contribution in [1.29, 1.82) is 0 Å². The molecule has 0 spiro atoms. The van der Waals surface area contributed by atoms with E-state index < -0.39 is 22.8 Å². The molecule has 3 rings (SSSR count). The third kappa shape index (κ3) is 4.24. The number of carbonyl (C=O) groups excluding carboxylic acids is 2. The minimum Gasteiger partial charge on any atom is -0.461 e. The van der Waals surface area contributed by atoms with E-state index in [1.807, 2.05) is 0 Å². The molecule has 0 radical (unpaired) electrons. The van der Waals surface area contributed by atoms with Crippen LogP contribution in [0, 0.1) is 10.1 Å². The molecule has 2 aromatic heterocycles. The van der Waals surface area contributed by atoms with Crippen molar-refractivity contribution in [1.82, 2.24) is 9.97 Å². The highest BCUT2D eigenvalue weighted by Crippen LogP contribution is 2.37. The van der Waals surface area contributed by atoms with Crippen molar-refractivity contribution in [2.45, 2.75) is 19.8 Å². The Kier molecular flexibility index (Phi) is 6.31. The summed E-state index contributed by atoms with van der Waals surface area (Å²) < 4.78 is 10.0. The molecule has 1 aromatic carbocycles. The van der Waals surface area contributed by atoms with E-state index in [-0.39, 0.29) is 30.3 Å². The standard InChI is InChI=1S/C21H21N3O6/c1-3-29-20(25)16-10-9-15(23-16)19(14-7-5-6-8-18(14)24(27)28)13-11-17(22-12-13)21(26)30-4-2/h5-12,19,22-23H,3-4H2,1-2H3. The minimum atomic E-state index is -0.630. The number of H-pyrrole nitrogens is 2. The molecule has 3 aromatic rings. The van der Waals surface area contributed by atoms with E-state index in [0.717, 1.165) is 0 Å². The fraction of sp³-hybridized carbons (Fsp3) is 0.238. The van der Waals surface area contributed by atoms with Crippen molar-refractivity contribution in [3.8, 4) is 0 Å². The summed E-state index contributed by atoms with van der Waals surface area (Å²) >= 11 is 0. The number of aromatic nitrogens is 2. The summed E-state index contributed by atoms with van der Waals surface area (Å²) in [5.41, 5.74) is 1.94. The van der Waals surface area contributed by atoms with Crippen molar-refractivity contribution < 1.29 is 24.0 Å². The van der Waals surface area contributed by atoms with E-state index >= 15 is 0 Å². The molecule has 9 nitrogen and oxygen atoms in total. The number of hydrogen-bond acceptors (Lipinski definition) is 6. The molecule has 2 heterocycles. The summed E-state index contributed by atoms with van der Waals surface area (Å²) in [6.07, 6.45) is 1.60. The van der Waals surface area contributed by atoms with E-state index in [0.29, 0.717) is 16.8 Å². The quantitative estimate of drug-likeness (QED) is 0.330. The molecule has 0 saturated carbocycles. The first-order valence-corrected chi connectivity index (χ1v) is 9.41. The van der Waals surface area contributed by atoms with Crippen LogP contribution in [0.5, 0.6) is 0 Å². The van der Waals surface area contributed by atoms with Crippen LogP contribution in [0.3, 0.4) is 0 Å². The van der Waals surface area contributed by atoms with Gasteiger partial charge in [0.15, 0.2) is 0 Å². The lowest BCUT2D eigenvalue weighted by Gasteiger charge is -2.15. The van der Waals surface area contributed by atoms with Crippen LogP contribution >= 0.6 is 0 Å². The normalized spacial score (nSPS) is 11.7. The zero-order valence-electron chi connectivity index (χ0n) is 16.5. The zero-order valence-corrected chi connectivity index (χ0v) is 16.5. The molecule has 30 heavy (non-hydrogen) atoms. The Morgan fingerprint density at radius 3 is 2.37 bits per heavy atom. The maximum atomic E-state index is 12.1. The molecule has 0 aliphatic heterocycles. The van der Waals surface area contributed by atoms with Crippen molar-refractivity contribution in [2.24, 2.45) is 0 Å². The van der Waals surface area contributed by atoms with Crippen LogP contribution in [-0.4, -0.2) is 40.0 Å². The highest BCUT2D eigenvalue weighted by Gasteiger charge is 2.28. The summed E-state index contributed by atoms with van der Waals surface area (Å²) in [6, 6.07) is 11.2. The average molecular weight is 411 g/mol. The number of nitro groups is 1. The van der Waals surface area contributed by atoms with Gasteiger partial charge in [0, 0.05) is 23.5 Å². The predicted molar refractivity (Wildman–Crippen MR) is 108 cm³/mol. The molecule has 1 atom stereocenters. The summed E-state index contributed by atoms with van der Waals surface area (Å²) in [4.78, 5) is 41.1. The molecule has 9 heteroatoms. The largest absolute Gasteiger partial charge is 0.461 e. The molecule has 156 valence electrons. The van der Waals surface area contributed by atoms with E-state index in [1.54, 1.807) is 56.4 Å². The topological polar surface area (TPSA) is 127 Å². The lowest BCUT2D eigenvalue weighted by atomic mass is 9.89. The van der Waals surface area contributed by atoms with Gasteiger partial charge in [0.1, 0.15) is 11.4 Å². The molecule has 2 N–H and O–H groups in total. The third-order valence-electron chi connectivity index (χ3n) is 4.49. The number of rotatable bonds is 8. The minimum absolute atomic E-state index is 0.0753. The first kappa shape index (κ1) is 20.8. The first-order chi connectivity index (χ1) is 14.5. The van der Waals surface area contributed by atoms with Crippen molar-refractivity contribution >= 4 is 17.6 Å². The Hall–Kier alpha value is -3.88. The number of nitrogens with zero attached hydrogens (tertiary/aromatic N) is 1. The second-order valence-electron chi connectivity index (χ2n) is 6.36. The zero-order chi connectivity index (χ0) is 21.7. The molecule has 0 fully saturated rings. The summed E-state index contributed by atoms with van der Waals surface area (Å²) in [5, 5.41) is 11.6. The van der Waals surface area contributed by atoms with Crippen LogP contribution in [0.2, 0.25) is 0 Å². The number of nitrogens with one attached hydrogen (secondary N) is 2. The molecular formula is C21H21N3O6. The molecule has 0 aliphatic rings. The second kappa shape index (κ2) is 9.08. The lowest BCUT2D eigenvalue weighted by molar-refractivity contribution is -0.385. The number of nitro benzene ring substituents is 1. The number of para-hydroxylation sites is 1.